The van der Waals surface area contributed by atoms with Crippen molar-refractivity contribution in [1.82, 2.24) is 15.5 Å². The second-order valence-corrected chi connectivity index (χ2v) is 5.12. The number of rotatable bonds is 6. The number of ether oxygens (including phenoxy) is 1. The van der Waals surface area contributed by atoms with Crippen molar-refractivity contribution < 1.29 is 9.53 Å². The predicted octanol–water partition coefficient (Wildman–Crippen LogP) is 2.42. The summed E-state index contributed by atoms with van der Waals surface area (Å²) in [6, 6.07) is 9.71. The van der Waals surface area contributed by atoms with Crippen LogP contribution in [0.3, 0.4) is 0 Å². The minimum Gasteiger partial charge on any atom is -0.367 e. The summed E-state index contributed by atoms with van der Waals surface area (Å²) in [5.41, 5.74) is 3.97. The number of aromatic amines is 1. The molecule has 0 saturated carbocycles. The molecule has 112 valence electrons. The molecule has 0 saturated heterocycles. The molecule has 0 bridgehead atoms. The highest BCUT2D eigenvalue weighted by atomic mass is 16.5. The van der Waals surface area contributed by atoms with E-state index in [9.17, 15) is 4.79 Å². The molecule has 0 radical (unpaired) electrons. The van der Waals surface area contributed by atoms with E-state index >= 15 is 0 Å². The number of H-pyrrole nitrogens is 1. The van der Waals surface area contributed by atoms with Gasteiger partial charge in [-0.15, -0.1) is 0 Å². The summed E-state index contributed by atoms with van der Waals surface area (Å²) in [7, 11) is 0. The fourth-order valence-corrected chi connectivity index (χ4v) is 2.39. The number of amides is 1. The lowest BCUT2D eigenvalue weighted by atomic mass is 10.1. The number of carbonyl (C=O) groups excluding carboxylic acids is 1. The fourth-order valence-electron chi connectivity index (χ4n) is 2.39. The number of nitrogens with one attached hydrogen (secondary N) is 2. The van der Waals surface area contributed by atoms with E-state index in [-0.39, 0.29) is 18.6 Å². The van der Waals surface area contributed by atoms with Crippen LogP contribution in [0.4, 0.5) is 0 Å². The van der Waals surface area contributed by atoms with Crippen molar-refractivity contribution in [3.05, 3.63) is 52.8 Å². The molecule has 5 nitrogen and oxygen atoms in total. The molecule has 2 aromatic rings. The van der Waals surface area contributed by atoms with E-state index in [1.54, 1.807) is 0 Å². The Morgan fingerprint density at radius 3 is 2.67 bits per heavy atom. The van der Waals surface area contributed by atoms with E-state index in [0.29, 0.717) is 6.61 Å². The molecule has 0 aliphatic carbocycles. The van der Waals surface area contributed by atoms with Crippen LogP contribution in [0.25, 0.3) is 0 Å². The van der Waals surface area contributed by atoms with Gasteiger partial charge in [-0.1, -0.05) is 30.3 Å². The average molecular weight is 287 g/mol. The first-order valence-corrected chi connectivity index (χ1v) is 7.00. The van der Waals surface area contributed by atoms with Crippen molar-refractivity contribution in [2.75, 3.05) is 6.61 Å². The van der Waals surface area contributed by atoms with Crippen molar-refractivity contribution in [3.8, 4) is 0 Å². The summed E-state index contributed by atoms with van der Waals surface area (Å²) < 4.78 is 5.42. The van der Waals surface area contributed by atoms with Gasteiger partial charge in [0.2, 0.25) is 5.91 Å². The lowest BCUT2D eigenvalue weighted by Crippen LogP contribution is -2.30. The van der Waals surface area contributed by atoms with Gasteiger partial charge in [-0.25, -0.2) is 0 Å². The Morgan fingerprint density at radius 2 is 2.05 bits per heavy atom. The Morgan fingerprint density at radius 1 is 1.33 bits per heavy atom. The van der Waals surface area contributed by atoms with Crippen LogP contribution in [0.2, 0.25) is 0 Å². The van der Waals surface area contributed by atoms with E-state index in [1.807, 2.05) is 51.1 Å². The Hall–Kier alpha value is -2.14. The smallest absolute Gasteiger partial charge is 0.246 e. The van der Waals surface area contributed by atoms with Crippen LogP contribution in [0, 0.1) is 13.8 Å². The average Bonchev–Trinajstić information content (AvgIpc) is 2.79. The first-order chi connectivity index (χ1) is 10.1. The molecular formula is C16H21N3O2. The van der Waals surface area contributed by atoms with E-state index in [0.717, 1.165) is 22.5 Å². The zero-order valence-electron chi connectivity index (χ0n) is 12.6. The van der Waals surface area contributed by atoms with Crippen molar-refractivity contribution in [2.24, 2.45) is 0 Å². The van der Waals surface area contributed by atoms with Gasteiger partial charge in [0.05, 0.1) is 18.3 Å². The minimum atomic E-state index is -0.126. The van der Waals surface area contributed by atoms with Gasteiger partial charge in [0.15, 0.2) is 0 Å². The molecular weight excluding hydrogens is 266 g/mol. The normalized spacial score (nSPS) is 12.1. The van der Waals surface area contributed by atoms with Crippen LogP contribution < -0.4 is 5.32 Å². The van der Waals surface area contributed by atoms with Gasteiger partial charge in [-0.3, -0.25) is 9.89 Å². The number of hydrogen-bond acceptors (Lipinski definition) is 3. The Labute approximate surface area is 124 Å². The summed E-state index contributed by atoms with van der Waals surface area (Å²) in [5, 5.41) is 9.99. The third-order valence-electron chi connectivity index (χ3n) is 3.34. The number of hydrogen-bond donors (Lipinski definition) is 2. The maximum atomic E-state index is 11.9. The van der Waals surface area contributed by atoms with E-state index in [4.69, 9.17) is 4.74 Å². The highest BCUT2D eigenvalue weighted by molar-refractivity contribution is 5.77. The lowest BCUT2D eigenvalue weighted by Gasteiger charge is -2.14. The van der Waals surface area contributed by atoms with Crippen LogP contribution in [-0.2, 0) is 16.1 Å². The van der Waals surface area contributed by atoms with Crippen LogP contribution in [-0.4, -0.2) is 22.7 Å². The third-order valence-corrected chi connectivity index (χ3v) is 3.34. The zero-order chi connectivity index (χ0) is 15.2. The van der Waals surface area contributed by atoms with Gasteiger partial charge in [0, 0.05) is 11.3 Å². The van der Waals surface area contributed by atoms with Crippen LogP contribution in [0.1, 0.15) is 35.5 Å². The van der Waals surface area contributed by atoms with Crippen LogP contribution in [0.15, 0.2) is 30.3 Å². The van der Waals surface area contributed by atoms with Gasteiger partial charge in [-0.2, -0.15) is 5.10 Å². The first-order valence-electron chi connectivity index (χ1n) is 7.00. The number of aromatic nitrogens is 2. The van der Waals surface area contributed by atoms with Gasteiger partial charge >= 0.3 is 0 Å². The Kier molecular flexibility index (Phi) is 5.11. The second kappa shape index (κ2) is 7.04. The summed E-state index contributed by atoms with van der Waals surface area (Å²) in [5.74, 6) is -0.126. The molecule has 1 atom stereocenters. The third kappa shape index (κ3) is 4.16. The number of aryl methyl sites for hydroxylation is 2. The molecule has 2 N–H and O–H groups in total. The molecule has 0 aliphatic heterocycles. The molecule has 0 fully saturated rings. The summed E-state index contributed by atoms with van der Waals surface area (Å²) in [6.07, 6.45) is 0. The number of benzene rings is 1. The second-order valence-electron chi connectivity index (χ2n) is 5.12. The zero-order valence-corrected chi connectivity index (χ0v) is 12.6. The number of nitrogens with zero attached hydrogens (tertiary/aromatic N) is 1. The Balaban J connectivity index is 1.79. The van der Waals surface area contributed by atoms with Crippen molar-refractivity contribution >= 4 is 5.91 Å². The highest BCUT2D eigenvalue weighted by Crippen LogP contribution is 2.18. The molecule has 1 amide bonds. The summed E-state index contributed by atoms with van der Waals surface area (Å²) >= 11 is 0. The maximum absolute atomic E-state index is 11.9. The highest BCUT2D eigenvalue weighted by Gasteiger charge is 2.16. The van der Waals surface area contributed by atoms with Crippen molar-refractivity contribution in [1.29, 1.82) is 0 Å². The quantitative estimate of drug-likeness (QED) is 0.857. The first kappa shape index (κ1) is 15.3. The lowest BCUT2D eigenvalue weighted by molar-refractivity contribution is -0.126. The van der Waals surface area contributed by atoms with Gasteiger partial charge in [0.1, 0.15) is 6.61 Å². The van der Waals surface area contributed by atoms with E-state index < -0.39 is 0 Å². The fraction of sp³-hybridized carbons (Fsp3) is 0.375. The predicted molar refractivity (Wildman–Crippen MR) is 80.7 cm³/mol. The topological polar surface area (TPSA) is 67.0 Å². The number of carbonyl (C=O) groups is 1. The summed E-state index contributed by atoms with van der Waals surface area (Å²) in [4.78, 5) is 11.9. The van der Waals surface area contributed by atoms with Gasteiger partial charge in [-0.05, 0) is 26.3 Å². The molecule has 1 aromatic carbocycles. The minimum absolute atomic E-state index is 0.0508. The van der Waals surface area contributed by atoms with Crippen LogP contribution in [0.5, 0.6) is 0 Å². The molecule has 2 rings (SSSR count). The maximum Gasteiger partial charge on any atom is 0.246 e. The molecule has 0 spiro atoms. The van der Waals surface area contributed by atoms with Gasteiger partial charge in [0.25, 0.3) is 0 Å². The SMILES string of the molecule is Cc1n[nH]c(C)c1C(C)NC(=O)COCc1ccccc1. The molecule has 1 aromatic heterocycles. The van der Waals surface area contributed by atoms with Crippen molar-refractivity contribution in [3.63, 3.8) is 0 Å². The van der Waals surface area contributed by atoms with Gasteiger partial charge < -0.3 is 10.1 Å². The molecule has 1 unspecified atom stereocenters. The standard InChI is InChI=1S/C16H21N3O2/c1-11(16-12(2)18-19-13(16)3)17-15(20)10-21-9-14-7-5-4-6-8-14/h4-8,11H,9-10H2,1-3H3,(H,17,20)(H,18,19). The molecule has 1 heterocycles. The van der Waals surface area contributed by atoms with Crippen LogP contribution >= 0.6 is 0 Å². The monoisotopic (exact) mass is 287 g/mol. The molecule has 0 aliphatic rings. The Bertz CT molecular complexity index is 573. The van der Waals surface area contributed by atoms with E-state index in [1.165, 1.54) is 0 Å². The largest absolute Gasteiger partial charge is 0.367 e. The molecule has 5 heteroatoms. The summed E-state index contributed by atoms with van der Waals surface area (Å²) in [6.45, 7) is 6.30. The van der Waals surface area contributed by atoms with E-state index in [2.05, 4.69) is 15.5 Å². The molecule has 21 heavy (non-hydrogen) atoms. The van der Waals surface area contributed by atoms with Crippen molar-refractivity contribution in [2.45, 2.75) is 33.4 Å².